The fourth-order valence-electron chi connectivity index (χ4n) is 4.51. The topological polar surface area (TPSA) is 112 Å². The average molecular weight is 470 g/mol. The summed E-state index contributed by atoms with van der Waals surface area (Å²) >= 11 is 0. The molecule has 8 nitrogen and oxygen atoms in total. The predicted octanol–water partition coefficient (Wildman–Crippen LogP) is 3.11. The Balaban J connectivity index is 1.39. The normalized spacial score (nSPS) is 20.0. The van der Waals surface area contributed by atoms with Crippen molar-refractivity contribution in [2.75, 3.05) is 25.0 Å². The molecule has 2 aromatic heterocycles. The Bertz CT molecular complexity index is 1250. The third-order valence-electron chi connectivity index (χ3n) is 6.28. The largest absolute Gasteiger partial charge is 0.416 e. The molecule has 3 aromatic rings. The van der Waals surface area contributed by atoms with E-state index in [9.17, 15) is 22.8 Å². The number of benzene rings is 1. The van der Waals surface area contributed by atoms with Crippen molar-refractivity contribution >= 4 is 17.8 Å². The number of hydrogen-bond donors (Lipinski definition) is 4. The van der Waals surface area contributed by atoms with Crippen LogP contribution in [0.15, 0.2) is 42.6 Å². The van der Waals surface area contributed by atoms with Crippen LogP contribution in [0.1, 0.15) is 44.8 Å². The number of nitrogens with one attached hydrogen (secondary N) is 4. The number of hydrogen-bond acceptors (Lipinski definition) is 5. The lowest BCUT2D eigenvalue weighted by atomic mass is 9.74. The summed E-state index contributed by atoms with van der Waals surface area (Å²) in [6.45, 7) is 2.23. The maximum absolute atomic E-state index is 12.7. The molecule has 34 heavy (non-hydrogen) atoms. The molecule has 1 fully saturated rings. The Kier molecular flexibility index (Phi) is 5.35. The van der Waals surface area contributed by atoms with E-state index in [2.05, 4.69) is 30.9 Å². The Morgan fingerprint density at radius 1 is 1.12 bits per heavy atom. The SMILES string of the molecule is O=C(Nc1nccc(-c2cc3c([nH]2)C2(CCCNC2)CNC3=O)n1)c1ccc(C(F)(F)F)cc1. The third-order valence-corrected chi connectivity index (χ3v) is 6.28. The summed E-state index contributed by atoms with van der Waals surface area (Å²) in [5.74, 6) is -0.796. The van der Waals surface area contributed by atoms with Crippen LogP contribution in [0.3, 0.4) is 0 Å². The number of piperidine rings is 1. The number of amides is 2. The van der Waals surface area contributed by atoms with E-state index in [-0.39, 0.29) is 22.8 Å². The number of aromatic amines is 1. The monoisotopic (exact) mass is 470 g/mol. The van der Waals surface area contributed by atoms with Crippen molar-refractivity contribution < 1.29 is 22.8 Å². The van der Waals surface area contributed by atoms with Crippen molar-refractivity contribution in [2.45, 2.75) is 24.4 Å². The molecule has 1 spiro atoms. The van der Waals surface area contributed by atoms with Gasteiger partial charge in [-0.3, -0.25) is 14.9 Å². The van der Waals surface area contributed by atoms with Gasteiger partial charge in [0.2, 0.25) is 5.95 Å². The lowest BCUT2D eigenvalue weighted by Gasteiger charge is -2.40. The molecule has 2 amide bonds. The van der Waals surface area contributed by atoms with Crippen molar-refractivity contribution in [2.24, 2.45) is 0 Å². The molecule has 0 aliphatic carbocycles. The summed E-state index contributed by atoms with van der Waals surface area (Å²) in [5.41, 5.74) is 1.50. The molecule has 0 radical (unpaired) electrons. The van der Waals surface area contributed by atoms with E-state index in [1.165, 1.54) is 6.20 Å². The number of aromatic nitrogens is 3. The first-order valence-electron chi connectivity index (χ1n) is 10.8. The van der Waals surface area contributed by atoms with Crippen molar-refractivity contribution in [3.63, 3.8) is 0 Å². The van der Waals surface area contributed by atoms with Gasteiger partial charge in [0.1, 0.15) is 0 Å². The van der Waals surface area contributed by atoms with Gasteiger partial charge in [-0.15, -0.1) is 0 Å². The summed E-state index contributed by atoms with van der Waals surface area (Å²) in [6, 6.07) is 7.26. The minimum Gasteiger partial charge on any atom is -0.356 e. The molecular formula is C23H21F3N6O2. The van der Waals surface area contributed by atoms with Crippen LogP contribution in [-0.4, -0.2) is 46.4 Å². The van der Waals surface area contributed by atoms with Gasteiger partial charge in [0.05, 0.1) is 22.5 Å². The van der Waals surface area contributed by atoms with E-state index < -0.39 is 17.6 Å². The van der Waals surface area contributed by atoms with Crippen LogP contribution in [0.5, 0.6) is 0 Å². The molecule has 4 N–H and O–H groups in total. The summed E-state index contributed by atoms with van der Waals surface area (Å²) in [6.07, 6.45) is -1.09. The van der Waals surface area contributed by atoms with Crippen LogP contribution in [0.25, 0.3) is 11.4 Å². The second-order valence-electron chi connectivity index (χ2n) is 8.51. The zero-order chi connectivity index (χ0) is 23.9. The number of halogens is 3. The number of anilines is 1. The van der Waals surface area contributed by atoms with E-state index in [4.69, 9.17) is 0 Å². The number of alkyl halides is 3. The first kappa shape index (κ1) is 22.1. The quantitative estimate of drug-likeness (QED) is 0.470. The van der Waals surface area contributed by atoms with Crippen LogP contribution in [0.2, 0.25) is 0 Å². The number of H-pyrrole nitrogens is 1. The second-order valence-corrected chi connectivity index (χ2v) is 8.51. The first-order valence-corrected chi connectivity index (χ1v) is 10.8. The van der Waals surface area contributed by atoms with E-state index in [1.807, 2.05) is 0 Å². The lowest BCUT2D eigenvalue weighted by Crippen LogP contribution is -2.54. The van der Waals surface area contributed by atoms with Crippen molar-refractivity contribution in [1.29, 1.82) is 0 Å². The predicted molar refractivity (Wildman–Crippen MR) is 117 cm³/mol. The van der Waals surface area contributed by atoms with E-state index >= 15 is 0 Å². The highest BCUT2D eigenvalue weighted by molar-refractivity contribution is 6.03. The first-order chi connectivity index (χ1) is 16.2. The fourth-order valence-corrected chi connectivity index (χ4v) is 4.51. The number of fused-ring (bicyclic) bond motifs is 2. The third kappa shape index (κ3) is 4.03. The summed E-state index contributed by atoms with van der Waals surface area (Å²) < 4.78 is 38.2. The highest BCUT2D eigenvalue weighted by Gasteiger charge is 2.42. The van der Waals surface area contributed by atoms with Gasteiger partial charge in [-0.1, -0.05) is 0 Å². The van der Waals surface area contributed by atoms with Gasteiger partial charge in [-0.05, 0) is 55.8 Å². The summed E-state index contributed by atoms with van der Waals surface area (Å²) in [4.78, 5) is 36.8. The van der Waals surface area contributed by atoms with Crippen LogP contribution in [0, 0.1) is 0 Å². The number of carbonyl (C=O) groups excluding carboxylic acids is 2. The zero-order valence-electron chi connectivity index (χ0n) is 17.9. The molecule has 2 aliphatic rings. The fraction of sp³-hybridized carbons (Fsp3) is 0.304. The minimum atomic E-state index is -4.48. The van der Waals surface area contributed by atoms with Crippen LogP contribution in [0.4, 0.5) is 19.1 Å². The Morgan fingerprint density at radius 3 is 2.62 bits per heavy atom. The van der Waals surface area contributed by atoms with E-state index in [0.29, 0.717) is 23.5 Å². The molecule has 5 rings (SSSR count). The average Bonchev–Trinajstić information content (AvgIpc) is 3.30. The Labute approximate surface area is 192 Å². The van der Waals surface area contributed by atoms with E-state index in [0.717, 1.165) is 55.9 Å². The molecule has 1 aromatic carbocycles. The van der Waals surface area contributed by atoms with Crippen molar-refractivity contribution in [3.8, 4) is 11.4 Å². The number of carbonyl (C=O) groups is 2. The highest BCUT2D eigenvalue weighted by atomic mass is 19.4. The molecule has 11 heteroatoms. The van der Waals surface area contributed by atoms with Crippen LogP contribution < -0.4 is 16.0 Å². The molecule has 2 aliphatic heterocycles. The lowest BCUT2D eigenvalue weighted by molar-refractivity contribution is -0.137. The van der Waals surface area contributed by atoms with Gasteiger partial charge in [-0.2, -0.15) is 13.2 Å². The van der Waals surface area contributed by atoms with Gasteiger partial charge in [0.15, 0.2) is 0 Å². The summed E-state index contributed by atoms with van der Waals surface area (Å²) in [7, 11) is 0. The molecule has 1 unspecified atom stereocenters. The highest BCUT2D eigenvalue weighted by Crippen LogP contribution is 2.37. The molecule has 0 saturated carbocycles. The zero-order valence-corrected chi connectivity index (χ0v) is 17.9. The molecular weight excluding hydrogens is 449 g/mol. The smallest absolute Gasteiger partial charge is 0.356 e. The van der Waals surface area contributed by atoms with Crippen molar-refractivity contribution in [3.05, 3.63) is 65.0 Å². The van der Waals surface area contributed by atoms with E-state index in [1.54, 1.807) is 12.1 Å². The van der Waals surface area contributed by atoms with Crippen LogP contribution >= 0.6 is 0 Å². The molecule has 4 heterocycles. The number of rotatable bonds is 3. The van der Waals surface area contributed by atoms with Gasteiger partial charge in [-0.25, -0.2) is 9.97 Å². The van der Waals surface area contributed by atoms with Crippen molar-refractivity contribution in [1.82, 2.24) is 25.6 Å². The summed E-state index contributed by atoms with van der Waals surface area (Å²) in [5, 5.41) is 8.88. The standard InChI is InChI=1S/C23H21F3N6O2/c24-23(25,26)14-4-2-13(3-5-14)19(33)32-21-28-9-6-16(31-21)17-10-15-18(30-17)22(12-29-20(15)34)7-1-8-27-11-22/h2-6,9-10,27,30H,1,7-8,11-12H2,(H,29,34)(H,28,31,32,33). The Hall–Kier alpha value is -3.73. The number of nitrogens with zero attached hydrogens (tertiary/aromatic N) is 2. The molecule has 1 saturated heterocycles. The maximum atomic E-state index is 12.7. The second kappa shape index (κ2) is 8.24. The maximum Gasteiger partial charge on any atom is 0.416 e. The minimum absolute atomic E-state index is 0.00605. The Morgan fingerprint density at radius 2 is 1.91 bits per heavy atom. The van der Waals surface area contributed by atoms with Gasteiger partial charge in [0.25, 0.3) is 11.8 Å². The molecule has 176 valence electrons. The molecule has 1 atom stereocenters. The molecule has 0 bridgehead atoms. The van der Waals surface area contributed by atoms with Crippen LogP contribution in [-0.2, 0) is 11.6 Å². The van der Waals surface area contributed by atoms with Gasteiger partial charge < -0.3 is 15.6 Å². The van der Waals surface area contributed by atoms with Gasteiger partial charge >= 0.3 is 6.18 Å². The van der Waals surface area contributed by atoms with Gasteiger partial charge in [0, 0.05) is 36.0 Å².